The van der Waals surface area contributed by atoms with Gasteiger partial charge in [0.1, 0.15) is 11.0 Å². The molecule has 1 aliphatic carbocycles. The monoisotopic (exact) mass is 492 g/mol. The third-order valence-electron chi connectivity index (χ3n) is 6.83. The highest BCUT2D eigenvalue weighted by atomic mass is 32.2. The Labute approximate surface area is 210 Å². The molecule has 0 bridgehead atoms. The highest BCUT2D eigenvalue weighted by molar-refractivity contribution is 8.00. The van der Waals surface area contributed by atoms with Gasteiger partial charge in [-0.3, -0.25) is 9.36 Å². The van der Waals surface area contributed by atoms with E-state index >= 15 is 0 Å². The Balaban J connectivity index is 1.52. The highest BCUT2D eigenvalue weighted by Gasteiger charge is 2.32. The zero-order valence-electron chi connectivity index (χ0n) is 20.1. The molecule has 8 heteroatoms. The van der Waals surface area contributed by atoms with Gasteiger partial charge in [-0.1, -0.05) is 61.4 Å². The van der Waals surface area contributed by atoms with Gasteiger partial charge < -0.3 is 14.4 Å². The summed E-state index contributed by atoms with van der Waals surface area (Å²) in [5.41, 5.74) is 1.99. The quantitative estimate of drug-likeness (QED) is 0.425. The summed E-state index contributed by atoms with van der Waals surface area (Å²) in [5, 5.41) is 9.71. The van der Waals surface area contributed by atoms with Gasteiger partial charge >= 0.3 is 0 Å². The van der Waals surface area contributed by atoms with E-state index in [9.17, 15) is 4.79 Å². The molecular formula is C27H32N4O3S. The first-order chi connectivity index (χ1) is 17.2. The Morgan fingerprint density at radius 2 is 1.71 bits per heavy atom. The van der Waals surface area contributed by atoms with Crippen LogP contribution < -0.4 is 4.74 Å². The zero-order valence-corrected chi connectivity index (χ0v) is 21.0. The van der Waals surface area contributed by atoms with Crippen molar-refractivity contribution in [3.8, 4) is 17.1 Å². The molecule has 2 aliphatic rings. The molecule has 1 aliphatic heterocycles. The van der Waals surface area contributed by atoms with Gasteiger partial charge in [0.2, 0.25) is 5.91 Å². The lowest BCUT2D eigenvalue weighted by molar-refractivity contribution is -0.134. The number of aromatic nitrogens is 3. The number of thioether (sulfide) groups is 1. The molecule has 3 aromatic rings. The number of methoxy groups -OCH3 is 1. The van der Waals surface area contributed by atoms with E-state index in [0.717, 1.165) is 40.7 Å². The number of carbonyl (C=O) groups is 1. The molecule has 1 amide bonds. The van der Waals surface area contributed by atoms with E-state index < -0.39 is 0 Å². The Morgan fingerprint density at radius 1 is 1.00 bits per heavy atom. The van der Waals surface area contributed by atoms with E-state index in [2.05, 4.69) is 14.8 Å². The van der Waals surface area contributed by atoms with Crippen LogP contribution in [0.25, 0.3) is 11.4 Å². The van der Waals surface area contributed by atoms with Crippen LogP contribution >= 0.6 is 11.8 Å². The number of amides is 1. The first-order valence-corrected chi connectivity index (χ1v) is 13.3. The van der Waals surface area contributed by atoms with Crippen molar-refractivity contribution in [1.29, 1.82) is 0 Å². The summed E-state index contributed by atoms with van der Waals surface area (Å²) in [6.45, 7) is 2.40. The van der Waals surface area contributed by atoms with Crippen LogP contribution in [0.1, 0.15) is 49.0 Å². The number of hydrogen-bond acceptors (Lipinski definition) is 6. The van der Waals surface area contributed by atoms with Gasteiger partial charge in [-0.15, -0.1) is 10.2 Å². The van der Waals surface area contributed by atoms with Crippen molar-refractivity contribution in [2.75, 3.05) is 33.4 Å². The highest BCUT2D eigenvalue weighted by Crippen LogP contribution is 2.41. The molecule has 2 heterocycles. The minimum atomic E-state index is -0.385. The Hall–Kier alpha value is -2.84. The molecule has 0 spiro atoms. The first kappa shape index (κ1) is 23.9. The maximum absolute atomic E-state index is 13.7. The molecule has 7 nitrogen and oxygen atoms in total. The molecule has 1 atom stereocenters. The van der Waals surface area contributed by atoms with Gasteiger partial charge in [0.05, 0.1) is 20.3 Å². The van der Waals surface area contributed by atoms with E-state index in [1.54, 1.807) is 7.11 Å². The number of hydrogen-bond donors (Lipinski definition) is 0. The van der Waals surface area contributed by atoms with Crippen molar-refractivity contribution < 1.29 is 14.3 Å². The molecule has 2 aromatic carbocycles. The zero-order chi connectivity index (χ0) is 24.0. The molecule has 184 valence electrons. The molecule has 1 saturated heterocycles. The van der Waals surface area contributed by atoms with Crippen molar-refractivity contribution in [3.05, 3.63) is 60.2 Å². The van der Waals surface area contributed by atoms with Crippen LogP contribution in [0.3, 0.4) is 0 Å². The average molecular weight is 493 g/mol. The fraction of sp³-hybridized carbons (Fsp3) is 0.444. The standard InChI is InChI=1S/C27H32N4O3S/c1-33-23-14-12-21(13-15-23)25-28-29-27(31(25)22-10-6-3-7-11-22)35-24(20-8-4-2-5-9-20)26(32)30-16-18-34-19-17-30/h2,4-5,8-9,12-15,22,24H,3,6-7,10-11,16-19H2,1H3/t24-/m1/s1. The van der Waals surface area contributed by atoms with E-state index in [1.807, 2.05) is 59.5 Å². The molecule has 0 unspecified atom stereocenters. The van der Waals surface area contributed by atoms with Gasteiger partial charge in [0, 0.05) is 24.7 Å². The first-order valence-electron chi connectivity index (χ1n) is 12.4. The van der Waals surface area contributed by atoms with E-state index in [-0.39, 0.29) is 11.2 Å². The van der Waals surface area contributed by atoms with Crippen LogP contribution in [0.2, 0.25) is 0 Å². The number of benzene rings is 2. The summed E-state index contributed by atoms with van der Waals surface area (Å²) in [6.07, 6.45) is 5.86. The second-order valence-corrected chi connectivity index (χ2v) is 10.1. The summed E-state index contributed by atoms with van der Waals surface area (Å²) in [5.74, 6) is 1.77. The SMILES string of the molecule is COc1ccc(-c2nnc(S[C@@H](C(=O)N3CCOCC3)c3ccccc3)n2C2CCCCC2)cc1. The van der Waals surface area contributed by atoms with Crippen LogP contribution in [0.4, 0.5) is 0 Å². The van der Waals surface area contributed by atoms with Gasteiger partial charge in [-0.05, 0) is 42.7 Å². The van der Waals surface area contributed by atoms with Crippen molar-refractivity contribution >= 4 is 17.7 Å². The van der Waals surface area contributed by atoms with Gasteiger partial charge in [0.25, 0.3) is 0 Å². The van der Waals surface area contributed by atoms with Crippen LogP contribution in [0, 0.1) is 0 Å². The van der Waals surface area contributed by atoms with Crippen LogP contribution in [0.15, 0.2) is 59.8 Å². The number of morpholine rings is 1. The van der Waals surface area contributed by atoms with Crippen LogP contribution in [-0.2, 0) is 9.53 Å². The summed E-state index contributed by atoms with van der Waals surface area (Å²) in [7, 11) is 1.67. The Morgan fingerprint density at radius 3 is 2.40 bits per heavy atom. The summed E-state index contributed by atoms with van der Waals surface area (Å²) < 4.78 is 13.1. The lowest BCUT2D eigenvalue weighted by atomic mass is 9.95. The lowest BCUT2D eigenvalue weighted by Crippen LogP contribution is -2.42. The molecular weight excluding hydrogens is 460 g/mol. The molecule has 1 saturated carbocycles. The van der Waals surface area contributed by atoms with Gasteiger partial charge in [-0.2, -0.15) is 0 Å². The lowest BCUT2D eigenvalue weighted by Gasteiger charge is -2.31. The number of ether oxygens (including phenoxy) is 2. The predicted octanol–water partition coefficient (Wildman–Crippen LogP) is 5.15. The summed E-state index contributed by atoms with van der Waals surface area (Å²) in [4.78, 5) is 15.6. The second kappa shape index (κ2) is 11.3. The van der Waals surface area contributed by atoms with Crippen molar-refractivity contribution in [3.63, 3.8) is 0 Å². The van der Waals surface area contributed by atoms with Crippen LogP contribution in [-0.4, -0.2) is 59.0 Å². The largest absolute Gasteiger partial charge is 0.497 e. The second-order valence-electron chi connectivity index (χ2n) is 9.04. The molecule has 35 heavy (non-hydrogen) atoms. The molecule has 0 N–H and O–H groups in total. The topological polar surface area (TPSA) is 69.5 Å². The minimum Gasteiger partial charge on any atom is -0.497 e. The fourth-order valence-electron chi connectivity index (χ4n) is 4.91. The van der Waals surface area contributed by atoms with Crippen molar-refractivity contribution in [2.24, 2.45) is 0 Å². The van der Waals surface area contributed by atoms with E-state index in [4.69, 9.17) is 9.47 Å². The normalized spacial score (nSPS) is 17.8. The molecule has 2 fully saturated rings. The Bertz CT molecular complexity index is 1110. The third kappa shape index (κ3) is 5.38. The van der Waals surface area contributed by atoms with E-state index in [1.165, 1.54) is 31.0 Å². The van der Waals surface area contributed by atoms with Crippen molar-refractivity contribution in [1.82, 2.24) is 19.7 Å². The van der Waals surface area contributed by atoms with Gasteiger partial charge in [-0.25, -0.2) is 0 Å². The van der Waals surface area contributed by atoms with Gasteiger partial charge in [0.15, 0.2) is 11.0 Å². The van der Waals surface area contributed by atoms with Crippen LogP contribution in [0.5, 0.6) is 5.75 Å². The smallest absolute Gasteiger partial charge is 0.240 e. The number of rotatable bonds is 7. The molecule has 1 aromatic heterocycles. The Kier molecular flexibility index (Phi) is 7.69. The van der Waals surface area contributed by atoms with Crippen molar-refractivity contribution in [2.45, 2.75) is 48.6 Å². The summed E-state index contributed by atoms with van der Waals surface area (Å²) in [6, 6.07) is 18.3. The van der Waals surface area contributed by atoms with E-state index in [0.29, 0.717) is 32.3 Å². The third-order valence-corrected chi connectivity index (χ3v) is 8.02. The minimum absolute atomic E-state index is 0.105. The molecule has 0 radical (unpaired) electrons. The fourth-order valence-corrected chi connectivity index (χ4v) is 6.10. The maximum atomic E-state index is 13.7. The summed E-state index contributed by atoms with van der Waals surface area (Å²) >= 11 is 1.52. The number of nitrogens with zero attached hydrogens (tertiary/aromatic N) is 4. The average Bonchev–Trinajstić information content (AvgIpc) is 3.36. The predicted molar refractivity (Wildman–Crippen MR) is 137 cm³/mol. The molecule has 5 rings (SSSR count). The maximum Gasteiger partial charge on any atom is 0.240 e. The number of carbonyl (C=O) groups excluding carboxylic acids is 1.